The van der Waals surface area contributed by atoms with Gasteiger partial charge >= 0.3 is 18.0 Å². The smallest absolute Gasteiger partial charge is 0.354 e. The lowest BCUT2D eigenvalue weighted by molar-refractivity contribution is -0.139. The Morgan fingerprint density at radius 3 is 1.54 bits per heavy atom. The number of aliphatic carboxylic acids is 1. The number of nitrogens with one attached hydrogen (secondary N) is 6. The van der Waals surface area contributed by atoms with E-state index in [1.165, 1.54) is 72.8 Å². The molecule has 6 aromatic carbocycles. The van der Waals surface area contributed by atoms with E-state index in [1.807, 2.05) is 19.9 Å². The number of aromatic carboxylic acids is 1. The van der Waals surface area contributed by atoms with Gasteiger partial charge in [0.25, 0.3) is 23.6 Å². The normalized spacial score (nSPS) is 11.3. The summed E-state index contributed by atoms with van der Waals surface area (Å²) < 4.78 is 46.8. The fourth-order valence-corrected chi connectivity index (χ4v) is 10.5. The van der Waals surface area contributed by atoms with Crippen LogP contribution >= 0.6 is 0 Å². The summed E-state index contributed by atoms with van der Waals surface area (Å²) in [7, 11) is -3.90. The average molecular weight is 1340 g/mol. The van der Waals surface area contributed by atoms with Crippen molar-refractivity contribution in [3.63, 3.8) is 0 Å². The maximum absolute atomic E-state index is 14.5. The number of para-hydroxylation sites is 4. The number of fused-ring (bicyclic) bond motifs is 4. The van der Waals surface area contributed by atoms with Gasteiger partial charge in [0.05, 0.1) is 69.5 Å². The molecule has 10 aromatic rings. The van der Waals surface area contributed by atoms with Crippen molar-refractivity contribution in [3.05, 3.63) is 179 Å². The Labute approximate surface area is 552 Å². The van der Waals surface area contributed by atoms with Crippen LogP contribution in [-0.2, 0) is 21.4 Å². The number of benzene rings is 6. The van der Waals surface area contributed by atoms with Gasteiger partial charge in [-0.1, -0.05) is 50.2 Å². The molecule has 0 atom stereocenters. The van der Waals surface area contributed by atoms with Gasteiger partial charge in [-0.05, 0) is 122 Å². The number of sulfonamides is 1. The third-order valence-corrected chi connectivity index (χ3v) is 15.5. The van der Waals surface area contributed by atoms with Crippen LogP contribution < -0.4 is 61.7 Å². The molecular weight excluding hydrogens is 1270 g/mol. The van der Waals surface area contributed by atoms with Crippen LogP contribution in [0.15, 0.2) is 150 Å². The van der Waals surface area contributed by atoms with Gasteiger partial charge in [0.15, 0.2) is 12.3 Å². The molecular formula is C68H64N12O16S. The zero-order valence-corrected chi connectivity index (χ0v) is 52.8. The maximum Gasteiger partial charge on any atom is 0.354 e. The number of rotatable bonds is 28. The van der Waals surface area contributed by atoms with Crippen LogP contribution in [0.2, 0.25) is 0 Å². The Morgan fingerprint density at radius 2 is 1.00 bits per heavy atom. The number of urea groups is 1. The largest absolute Gasteiger partial charge is 0.507 e. The monoisotopic (exact) mass is 1340 g/mol. The van der Waals surface area contributed by atoms with Crippen molar-refractivity contribution < 1.29 is 76.2 Å². The second kappa shape index (κ2) is 30.3. The van der Waals surface area contributed by atoms with Crippen LogP contribution in [0.1, 0.15) is 91.0 Å². The van der Waals surface area contributed by atoms with Crippen LogP contribution in [0.3, 0.4) is 0 Å². The number of hydrogen-bond acceptors (Lipinski definition) is 19. The number of primary sulfonamides is 1. The zero-order valence-electron chi connectivity index (χ0n) is 52.0. The number of carbonyl (C=O) groups is 7. The molecule has 97 heavy (non-hydrogen) atoms. The number of carbonyl (C=O) groups excluding carboxylic acids is 5. The second-order valence-electron chi connectivity index (χ2n) is 22.2. The first-order chi connectivity index (χ1) is 46.6. The van der Waals surface area contributed by atoms with Crippen molar-refractivity contribution in [2.75, 3.05) is 60.8 Å². The summed E-state index contributed by atoms with van der Waals surface area (Å²) in [6, 6.07) is 35.9. The molecule has 0 aliphatic rings. The number of nitrogens with two attached hydrogens (primary N) is 2. The highest BCUT2D eigenvalue weighted by atomic mass is 32.2. The molecule has 0 radical (unpaired) electrons. The van der Waals surface area contributed by atoms with Gasteiger partial charge in [-0.3, -0.25) is 19.2 Å². The van der Waals surface area contributed by atoms with Crippen molar-refractivity contribution in [3.8, 4) is 28.7 Å². The molecule has 13 N–H and O–H groups in total. The molecule has 0 unspecified atom stereocenters. The summed E-state index contributed by atoms with van der Waals surface area (Å²) in [5, 5.41) is 53.7. The highest BCUT2D eigenvalue weighted by Gasteiger charge is 2.24. The van der Waals surface area contributed by atoms with E-state index in [0.29, 0.717) is 48.1 Å². The van der Waals surface area contributed by atoms with Crippen molar-refractivity contribution in [1.82, 2.24) is 30.6 Å². The maximum atomic E-state index is 14.5. The Hall–Kier alpha value is -12.1. The number of unbranched alkanes of at least 4 members (excludes halogenated alkanes) is 1. The predicted molar refractivity (Wildman–Crippen MR) is 359 cm³/mol. The van der Waals surface area contributed by atoms with E-state index < -0.39 is 63.9 Å². The van der Waals surface area contributed by atoms with E-state index in [2.05, 4.69) is 46.9 Å². The SMILES string of the molecule is CC(C)COc1cc(C(=O)Nc2cccc3c(O)cc(C(=O)Nc4cccc5c(OCCCN)cc(C(=O)Nc6cccc7c(OCC(=O)O)cc(C(=O)O)nc67)nc45)nc23)nc2c(NC(=O)NCCCCOc3cccc(CNC(=O)c4ccc(S(N)(=O)=O)cc4)c3)cccc12. The zero-order chi connectivity index (χ0) is 68.9. The first-order valence-electron chi connectivity index (χ1n) is 30.2. The molecule has 0 aliphatic heterocycles. The summed E-state index contributed by atoms with van der Waals surface area (Å²) in [6.45, 7) is 4.56. The summed E-state index contributed by atoms with van der Waals surface area (Å²) in [6.07, 6.45) is 1.54. The minimum absolute atomic E-state index is 0.0117. The number of anilines is 4. The number of carboxylic acids is 2. The number of pyridine rings is 4. The van der Waals surface area contributed by atoms with Crippen molar-refractivity contribution in [2.24, 2.45) is 16.8 Å². The molecule has 0 saturated heterocycles. The first kappa shape index (κ1) is 67.8. The van der Waals surface area contributed by atoms with E-state index in [9.17, 15) is 57.3 Å². The van der Waals surface area contributed by atoms with Crippen molar-refractivity contribution >= 4 is 118 Å². The second-order valence-corrected chi connectivity index (χ2v) is 23.8. The molecule has 0 fully saturated rings. The van der Waals surface area contributed by atoms with Crippen LogP contribution in [0.4, 0.5) is 27.5 Å². The highest BCUT2D eigenvalue weighted by Crippen LogP contribution is 2.36. The molecule has 0 saturated carbocycles. The molecule has 4 heterocycles. The van der Waals surface area contributed by atoms with E-state index in [-0.39, 0.29) is 139 Å². The number of amides is 6. The van der Waals surface area contributed by atoms with Gasteiger partial charge in [-0.2, -0.15) is 0 Å². The first-order valence-corrected chi connectivity index (χ1v) is 31.7. The average Bonchev–Trinajstić information content (AvgIpc) is 0.799. The number of aromatic hydroxyl groups is 1. The van der Waals surface area contributed by atoms with Gasteiger partial charge in [-0.15, -0.1) is 0 Å². The van der Waals surface area contributed by atoms with E-state index in [1.54, 1.807) is 54.6 Å². The number of nitrogens with zero attached hydrogens (tertiary/aromatic N) is 4. The predicted octanol–water partition coefficient (Wildman–Crippen LogP) is 8.82. The fraction of sp³-hybridized carbons (Fsp3) is 0.191. The molecule has 10 rings (SSSR count). The lowest BCUT2D eigenvalue weighted by Gasteiger charge is -2.16. The van der Waals surface area contributed by atoms with Crippen LogP contribution in [0.5, 0.6) is 28.7 Å². The molecule has 0 aliphatic carbocycles. The van der Waals surface area contributed by atoms with Crippen LogP contribution in [-0.4, -0.2) is 125 Å². The summed E-state index contributed by atoms with van der Waals surface area (Å²) in [5.74, 6) is -4.92. The molecule has 4 aromatic heterocycles. The van der Waals surface area contributed by atoms with Crippen molar-refractivity contribution in [1.29, 1.82) is 0 Å². The fourth-order valence-electron chi connectivity index (χ4n) is 9.93. The molecule has 6 amide bonds. The van der Waals surface area contributed by atoms with Gasteiger partial charge in [-0.25, -0.2) is 47.9 Å². The summed E-state index contributed by atoms with van der Waals surface area (Å²) >= 11 is 0. The topological polar surface area (TPSA) is 427 Å². The lowest BCUT2D eigenvalue weighted by Crippen LogP contribution is -2.29. The summed E-state index contributed by atoms with van der Waals surface area (Å²) in [4.78, 5) is 111. The number of hydrogen-bond donors (Lipinski definition) is 11. The lowest BCUT2D eigenvalue weighted by atomic mass is 10.1. The third kappa shape index (κ3) is 16.8. The minimum Gasteiger partial charge on any atom is -0.507 e. The van der Waals surface area contributed by atoms with Gasteiger partial charge < -0.3 is 71.9 Å². The molecule has 29 heteroatoms. The Bertz CT molecular complexity index is 4840. The molecule has 0 bridgehead atoms. The minimum atomic E-state index is -3.90. The van der Waals surface area contributed by atoms with Gasteiger partial charge in [0.2, 0.25) is 10.0 Å². The van der Waals surface area contributed by atoms with E-state index in [0.717, 1.165) is 17.7 Å². The quantitative estimate of drug-likeness (QED) is 0.0204. The van der Waals surface area contributed by atoms with E-state index >= 15 is 0 Å². The standard InChI is InChI=1S/C68H64N12O16S/c1-37(2)35-95-56-32-52(75-62-44(56)16-9-20-49(62)80-68(90)71-26-3-4-27-93-40-12-5-11-38(29-40)34-72-63(84)39-21-23-41(24-22-39)97(70,91)92)66(87)77-46-17-6-13-42-54(81)30-50(73-59(42)46)64(85)78-47-18-7-14-43-55(94-28-10-25-69)31-51(74-60(43)47)65(86)79-48-19-8-15-45-57(96-36-58(82)83)33-53(67(88)89)76-61(45)48/h5-9,11-24,29-33,37H,3-4,10,25-28,34-36,69H2,1-2H3,(H,72,84)(H,73,81)(H,77,87)(H,78,85)(H,79,86)(H,82,83)(H,88,89)(H2,70,91,92)(H2,71,80,90). The Kier molecular flexibility index (Phi) is 21.2. The van der Waals surface area contributed by atoms with Crippen molar-refractivity contribution in [2.45, 2.75) is 44.6 Å². The Balaban J connectivity index is 0.826. The van der Waals surface area contributed by atoms with E-state index in [4.69, 9.17) is 34.8 Å². The van der Waals surface area contributed by atoms with Crippen LogP contribution in [0, 0.1) is 5.92 Å². The molecule has 0 spiro atoms. The van der Waals surface area contributed by atoms with Crippen LogP contribution in [0.25, 0.3) is 43.6 Å². The highest BCUT2D eigenvalue weighted by molar-refractivity contribution is 7.89. The van der Waals surface area contributed by atoms with Gasteiger partial charge in [0.1, 0.15) is 45.8 Å². The molecule has 498 valence electrons. The Morgan fingerprint density at radius 1 is 0.515 bits per heavy atom. The molecule has 28 nitrogen and oxygen atoms in total. The number of carboxylic acid groups (broad SMARTS) is 2. The number of ether oxygens (including phenoxy) is 4. The third-order valence-electron chi connectivity index (χ3n) is 14.6. The number of aromatic nitrogens is 4. The van der Waals surface area contributed by atoms with Gasteiger partial charge in [0, 0.05) is 64.5 Å². The summed E-state index contributed by atoms with van der Waals surface area (Å²) in [5.41, 5.74) is 6.39.